The normalized spacial score (nSPS) is 15.3. The second kappa shape index (κ2) is 26.0. The van der Waals surface area contributed by atoms with Crippen LogP contribution in [0.4, 0.5) is 0 Å². The molecule has 0 saturated carbocycles. The SMILES string of the molecule is CCCCCCCCCCCCCc1c2nc(c(-c3cccc(O)c3)c3ccc([nH]3)c(-c3cccc(O)c3)c3nc(c(CCCCCCCCCCCCC)c4[nH]c1CCC4)[C@H](O)[C@@H]3C)C=C2. The maximum atomic E-state index is 12.4. The van der Waals surface area contributed by atoms with Gasteiger partial charge in [0.2, 0.25) is 0 Å². The number of aromatic amines is 2. The number of aromatic hydroxyl groups is 2. The number of aliphatic hydroxyl groups is 1. The molecule has 0 aliphatic carbocycles. The van der Waals surface area contributed by atoms with E-state index in [1.54, 1.807) is 18.2 Å². The molecule has 7 nitrogen and oxygen atoms in total. The number of benzene rings is 2. The minimum Gasteiger partial charge on any atom is -0.508 e. The van der Waals surface area contributed by atoms with Crippen LogP contribution in [-0.4, -0.2) is 35.3 Å². The highest BCUT2D eigenvalue weighted by Gasteiger charge is 2.33. The largest absolute Gasteiger partial charge is 0.508 e. The van der Waals surface area contributed by atoms with Crippen LogP contribution >= 0.6 is 0 Å². The highest BCUT2D eigenvalue weighted by Crippen LogP contribution is 2.43. The third-order valence-corrected chi connectivity index (χ3v) is 14.6. The van der Waals surface area contributed by atoms with E-state index in [2.05, 4.69) is 55.0 Å². The topological polar surface area (TPSA) is 118 Å². The molecule has 5 N–H and O–H groups in total. The standard InChI is InChI=1S/C60H82N4O3/c1-4-6-8-10-12-14-16-18-20-22-24-33-48-50-35-28-36-51(61-50)49(34-25-23-21-19-17-15-13-11-9-7-5-2)59-60(67)43(3)58(64-59)57(45-30-27-32-47(66)42-45)55-40-39-54(63-55)56(53-38-37-52(48)62-53)44-29-26-31-46(65)41-44/h26-27,29-32,37-43,60-61,63,65-67H,4-25,28,33-36H2,1-3H3/t43-,60-/m1/s1. The van der Waals surface area contributed by atoms with Crippen LogP contribution in [0.5, 0.6) is 11.5 Å². The van der Waals surface area contributed by atoms with Crippen molar-refractivity contribution in [3.63, 3.8) is 0 Å². The zero-order chi connectivity index (χ0) is 46.8. The third-order valence-electron chi connectivity index (χ3n) is 14.6. The van der Waals surface area contributed by atoms with Crippen molar-refractivity contribution >= 4 is 23.2 Å². The Bertz CT molecular complexity index is 2420. The number of hydrogen-bond donors (Lipinski definition) is 5. The van der Waals surface area contributed by atoms with Gasteiger partial charge in [0, 0.05) is 39.5 Å². The Morgan fingerprint density at radius 3 is 1.51 bits per heavy atom. The Morgan fingerprint density at radius 1 is 0.507 bits per heavy atom. The van der Waals surface area contributed by atoms with Crippen LogP contribution in [0, 0.1) is 0 Å². The summed E-state index contributed by atoms with van der Waals surface area (Å²) in [5, 5.41) is 34.0. The number of phenolic OH excluding ortho intramolecular Hbond substituents is 2. The fraction of sp³-hybridized carbons (Fsp3) is 0.533. The number of hydrogen-bond acceptors (Lipinski definition) is 5. The smallest absolute Gasteiger partial charge is 0.116 e. The Labute approximate surface area is 402 Å². The molecule has 360 valence electrons. The summed E-state index contributed by atoms with van der Waals surface area (Å²) in [5.74, 6) is 0.0867. The Kier molecular flexibility index (Phi) is 19.4. The van der Waals surface area contributed by atoms with Gasteiger partial charge in [-0.2, -0.15) is 0 Å². The lowest BCUT2D eigenvalue weighted by Crippen LogP contribution is -2.12. The van der Waals surface area contributed by atoms with Gasteiger partial charge in [-0.1, -0.05) is 173 Å². The molecule has 0 unspecified atom stereocenters. The molecule has 0 amide bonds. The zero-order valence-corrected chi connectivity index (χ0v) is 41.4. The molecular formula is C60H82N4O3. The predicted molar refractivity (Wildman–Crippen MR) is 281 cm³/mol. The van der Waals surface area contributed by atoms with Gasteiger partial charge in [0.15, 0.2) is 0 Å². The molecule has 3 aliphatic heterocycles. The maximum absolute atomic E-state index is 12.4. The van der Waals surface area contributed by atoms with Gasteiger partial charge in [-0.05, 0) is 116 Å². The van der Waals surface area contributed by atoms with E-state index in [1.807, 2.05) is 30.3 Å². The summed E-state index contributed by atoms with van der Waals surface area (Å²) in [7, 11) is 0. The molecule has 3 aliphatic rings. The van der Waals surface area contributed by atoms with Crippen molar-refractivity contribution < 1.29 is 15.3 Å². The number of fused-ring (bicyclic) bond motifs is 8. The summed E-state index contributed by atoms with van der Waals surface area (Å²) in [6.07, 6.45) is 36.8. The summed E-state index contributed by atoms with van der Waals surface area (Å²) in [5.41, 5.74) is 13.5. The molecule has 5 heterocycles. The van der Waals surface area contributed by atoms with E-state index < -0.39 is 6.10 Å². The summed E-state index contributed by atoms with van der Waals surface area (Å²) in [6, 6.07) is 19.0. The number of aromatic nitrogens is 4. The van der Waals surface area contributed by atoms with Gasteiger partial charge in [0.05, 0.1) is 22.8 Å². The van der Waals surface area contributed by atoms with Crippen molar-refractivity contribution in [2.24, 2.45) is 0 Å². The molecule has 7 rings (SSSR count). The molecule has 8 bridgehead atoms. The van der Waals surface area contributed by atoms with Crippen LogP contribution in [0.15, 0.2) is 60.7 Å². The van der Waals surface area contributed by atoms with E-state index in [9.17, 15) is 15.3 Å². The number of H-pyrrole nitrogens is 2. The van der Waals surface area contributed by atoms with Crippen LogP contribution in [0.3, 0.4) is 0 Å². The van der Waals surface area contributed by atoms with E-state index in [-0.39, 0.29) is 17.4 Å². The van der Waals surface area contributed by atoms with Crippen LogP contribution < -0.4 is 0 Å². The number of aliphatic hydroxyl groups excluding tert-OH is 1. The first kappa shape index (κ1) is 50.0. The van der Waals surface area contributed by atoms with Crippen molar-refractivity contribution in [1.29, 1.82) is 0 Å². The Hall–Kier alpha value is -4.88. The van der Waals surface area contributed by atoms with Crippen molar-refractivity contribution in [3.8, 4) is 33.8 Å². The van der Waals surface area contributed by atoms with Crippen molar-refractivity contribution in [1.82, 2.24) is 19.9 Å². The molecule has 2 atom stereocenters. The highest BCUT2D eigenvalue weighted by atomic mass is 16.3. The van der Waals surface area contributed by atoms with E-state index >= 15 is 0 Å². The molecule has 0 saturated heterocycles. The van der Waals surface area contributed by atoms with E-state index in [4.69, 9.17) is 9.97 Å². The lowest BCUT2D eigenvalue weighted by molar-refractivity contribution is 0.157. The van der Waals surface area contributed by atoms with Gasteiger partial charge < -0.3 is 25.3 Å². The maximum Gasteiger partial charge on any atom is 0.116 e. The fourth-order valence-electron chi connectivity index (χ4n) is 10.8. The van der Waals surface area contributed by atoms with Crippen molar-refractivity contribution in [2.45, 2.75) is 206 Å². The number of aryl methyl sites for hydroxylation is 2. The number of nitrogens with zero attached hydrogens (tertiary/aromatic N) is 2. The van der Waals surface area contributed by atoms with Gasteiger partial charge in [-0.15, -0.1) is 0 Å². The number of nitrogens with one attached hydrogen (secondary N) is 2. The Morgan fingerprint density at radius 2 is 0.970 bits per heavy atom. The number of rotatable bonds is 26. The fourth-order valence-corrected chi connectivity index (χ4v) is 10.8. The average molecular weight is 907 g/mol. The number of unbranched alkanes of at least 4 members (excludes halogenated alkanes) is 20. The summed E-state index contributed by atoms with van der Waals surface area (Å²) in [6.45, 7) is 6.66. The van der Waals surface area contributed by atoms with Gasteiger partial charge in [-0.3, -0.25) is 4.98 Å². The minimum atomic E-state index is -0.775. The van der Waals surface area contributed by atoms with Crippen LogP contribution in [0.25, 0.3) is 45.4 Å². The number of phenols is 2. The summed E-state index contributed by atoms with van der Waals surface area (Å²) >= 11 is 0. The van der Waals surface area contributed by atoms with Gasteiger partial charge in [0.1, 0.15) is 17.6 Å². The average Bonchev–Trinajstić information content (AvgIpc) is 4.08. The van der Waals surface area contributed by atoms with Crippen molar-refractivity contribution in [3.05, 3.63) is 106 Å². The molecule has 67 heavy (non-hydrogen) atoms. The van der Waals surface area contributed by atoms with Crippen molar-refractivity contribution in [2.75, 3.05) is 0 Å². The van der Waals surface area contributed by atoms with Gasteiger partial charge in [0.25, 0.3) is 0 Å². The lowest BCUT2D eigenvalue weighted by Gasteiger charge is -2.20. The summed E-state index contributed by atoms with van der Waals surface area (Å²) in [4.78, 5) is 18.8. The molecular weight excluding hydrogens is 825 g/mol. The lowest BCUT2D eigenvalue weighted by atomic mass is 9.91. The quantitative estimate of drug-likeness (QED) is 0.0354. The molecule has 2 aromatic heterocycles. The molecule has 2 aromatic carbocycles. The monoisotopic (exact) mass is 907 g/mol. The van der Waals surface area contributed by atoms with Crippen LogP contribution in [-0.2, 0) is 25.7 Å². The molecule has 0 radical (unpaired) electrons. The first-order valence-corrected chi connectivity index (χ1v) is 26.9. The van der Waals surface area contributed by atoms with Crippen LogP contribution in [0.2, 0.25) is 0 Å². The Balaban J connectivity index is 1.32. The highest BCUT2D eigenvalue weighted by molar-refractivity contribution is 5.93. The zero-order valence-electron chi connectivity index (χ0n) is 41.4. The molecule has 4 aromatic rings. The second-order valence-corrected chi connectivity index (χ2v) is 19.9. The second-order valence-electron chi connectivity index (χ2n) is 19.9. The minimum absolute atomic E-state index is 0.175. The first-order chi connectivity index (χ1) is 32.9. The van der Waals surface area contributed by atoms with E-state index in [1.165, 1.54) is 151 Å². The van der Waals surface area contributed by atoms with Gasteiger partial charge in [-0.25, -0.2) is 4.98 Å². The summed E-state index contributed by atoms with van der Waals surface area (Å²) < 4.78 is 0. The first-order valence-electron chi connectivity index (χ1n) is 26.9. The molecule has 0 fully saturated rings. The molecule has 7 heteroatoms. The van der Waals surface area contributed by atoms with E-state index in [0.717, 1.165) is 101 Å². The third kappa shape index (κ3) is 13.6. The predicted octanol–water partition coefficient (Wildman–Crippen LogP) is 16.7. The molecule has 0 spiro atoms. The van der Waals surface area contributed by atoms with Gasteiger partial charge >= 0.3 is 0 Å². The van der Waals surface area contributed by atoms with Crippen LogP contribution in [0.1, 0.15) is 226 Å². The van der Waals surface area contributed by atoms with E-state index in [0.29, 0.717) is 0 Å².